The fourth-order valence-electron chi connectivity index (χ4n) is 1.89. The lowest BCUT2D eigenvalue weighted by Gasteiger charge is -2.22. The van der Waals surface area contributed by atoms with Crippen LogP contribution in [0.2, 0.25) is 0 Å². The van der Waals surface area contributed by atoms with Gasteiger partial charge in [0.2, 0.25) is 0 Å². The number of ether oxygens (including phenoxy) is 1. The number of carbonyl (C=O) groups is 2. The Morgan fingerprint density at radius 1 is 1.24 bits per heavy atom. The highest BCUT2D eigenvalue weighted by molar-refractivity contribution is 5.97. The summed E-state index contributed by atoms with van der Waals surface area (Å²) in [6.07, 6.45) is 0. The van der Waals surface area contributed by atoms with Gasteiger partial charge < -0.3 is 14.7 Å². The summed E-state index contributed by atoms with van der Waals surface area (Å²) in [7, 11) is 1.37. The van der Waals surface area contributed by atoms with Gasteiger partial charge in [-0.3, -0.25) is 4.79 Å². The number of carboxylic acids is 1. The highest BCUT2D eigenvalue weighted by atomic mass is 19.3. The first-order valence-corrected chi connectivity index (χ1v) is 6.21. The monoisotopic (exact) mass is 301 g/mol. The van der Waals surface area contributed by atoms with Crippen LogP contribution in [-0.4, -0.2) is 41.6 Å². The van der Waals surface area contributed by atoms with Gasteiger partial charge in [0.15, 0.2) is 0 Å². The second-order valence-electron chi connectivity index (χ2n) is 4.75. The molecule has 5 nitrogen and oxygen atoms in total. The van der Waals surface area contributed by atoms with E-state index in [-0.39, 0.29) is 11.3 Å². The van der Waals surface area contributed by atoms with Gasteiger partial charge in [-0.15, -0.1) is 0 Å². The van der Waals surface area contributed by atoms with Crippen molar-refractivity contribution in [2.45, 2.75) is 33.4 Å². The molecule has 1 N–H and O–H groups in total. The molecule has 1 unspecified atom stereocenters. The topological polar surface area (TPSA) is 66.8 Å². The lowest BCUT2D eigenvalue weighted by Crippen LogP contribution is -2.40. The number of alkyl halides is 2. The van der Waals surface area contributed by atoms with Crippen LogP contribution in [0.3, 0.4) is 0 Å². The molecule has 1 rings (SSSR count). The SMILES string of the molecule is Cc1cc(C(=O)N(C)C(C)C(=O)O)cc(C)c1OC(F)F. The van der Waals surface area contributed by atoms with E-state index in [1.165, 1.54) is 26.1 Å². The van der Waals surface area contributed by atoms with Crippen LogP contribution in [0.1, 0.15) is 28.4 Å². The van der Waals surface area contributed by atoms with E-state index >= 15 is 0 Å². The van der Waals surface area contributed by atoms with Crippen LogP contribution >= 0.6 is 0 Å². The summed E-state index contributed by atoms with van der Waals surface area (Å²) in [4.78, 5) is 24.2. The number of aliphatic carboxylic acids is 1. The Balaban J connectivity index is 3.10. The highest BCUT2D eigenvalue weighted by Crippen LogP contribution is 2.27. The number of hydrogen-bond donors (Lipinski definition) is 1. The van der Waals surface area contributed by atoms with Crippen LogP contribution < -0.4 is 4.74 Å². The summed E-state index contributed by atoms with van der Waals surface area (Å²) in [5, 5.41) is 8.90. The molecular weight excluding hydrogens is 284 g/mol. The molecule has 0 bridgehead atoms. The minimum absolute atomic E-state index is 0.0236. The standard InChI is InChI=1S/C14H17F2NO4/c1-7-5-10(6-8(2)11(7)21-14(15)16)12(18)17(4)9(3)13(19)20/h5-6,9,14H,1-4H3,(H,19,20). The summed E-state index contributed by atoms with van der Waals surface area (Å²) in [5.41, 5.74) is 0.993. The van der Waals surface area contributed by atoms with E-state index in [0.717, 1.165) is 4.90 Å². The van der Waals surface area contributed by atoms with E-state index in [1.807, 2.05) is 0 Å². The molecular formula is C14H17F2NO4. The maximum atomic E-state index is 12.3. The number of likely N-dealkylation sites (N-methyl/N-ethyl adjacent to an activating group) is 1. The normalized spacial score (nSPS) is 12.1. The molecule has 1 amide bonds. The van der Waals surface area contributed by atoms with E-state index in [4.69, 9.17) is 5.11 Å². The zero-order chi connectivity index (χ0) is 16.3. The van der Waals surface area contributed by atoms with Crippen molar-refractivity contribution in [3.05, 3.63) is 28.8 Å². The van der Waals surface area contributed by atoms with Gasteiger partial charge in [0.1, 0.15) is 11.8 Å². The van der Waals surface area contributed by atoms with Gasteiger partial charge in [-0.2, -0.15) is 8.78 Å². The van der Waals surface area contributed by atoms with Crippen LogP contribution in [0.5, 0.6) is 5.75 Å². The van der Waals surface area contributed by atoms with E-state index < -0.39 is 24.5 Å². The predicted octanol–water partition coefficient (Wildman–Crippen LogP) is 2.45. The minimum atomic E-state index is -2.95. The quantitative estimate of drug-likeness (QED) is 0.907. The van der Waals surface area contributed by atoms with Gasteiger partial charge in [-0.1, -0.05) is 0 Å². The van der Waals surface area contributed by atoms with E-state index in [1.54, 1.807) is 13.8 Å². The number of nitrogens with zero attached hydrogens (tertiary/aromatic N) is 1. The third kappa shape index (κ3) is 3.90. The molecule has 0 aromatic heterocycles. The molecule has 1 aromatic carbocycles. The number of rotatable bonds is 5. The summed E-state index contributed by atoms with van der Waals surface area (Å²) >= 11 is 0. The Labute approximate surface area is 121 Å². The maximum Gasteiger partial charge on any atom is 0.387 e. The summed E-state index contributed by atoms with van der Waals surface area (Å²) in [6, 6.07) is 1.81. The molecule has 7 heteroatoms. The maximum absolute atomic E-state index is 12.3. The first-order chi connectivity index (χ1) is 9.65. The number of hydrogen-bond acceptors (Lipinski definition) is 3. The van der Waals surface area contributed by atoms with Crippen molar-refractivity contribution in [3.8, 4) is 5.75 Å². The molecule has 0 aliphatic heterocycles. The van der Waals surface area contributed by atoms with E-state index in [9.17, 15) is 18.4 Å². The molecule has 0 aliphatic rings. The Morgan fingerprint density at radius 3 is 2.10 bits per heavy atom. The van der Waals surface area contributed by atoms with Crippen LogP contribution in [0.15, 0.2) is 12.1 Å². The van der Waals surface area contributed by atoms with Crippen LogP contribution in [0, 0.1) is 13.8 Å². The van der Waals surface area contributed by atoms with Gasteiger partial charge in [0.05, 0.1) is 0 Å². The smallest absolute Gasteiger partial charge is 0.387 e. The molecule has 0 heterocycles. The highest BCUT2D eigenvalue weighted by Gasteiger charge is 2.24. The first-order valence-electron chi connectivity index (χ1n) is 6.21. The molecule has 1 aromatic rings. The minimum Gasteiger partial charge on any atom is -0.480 e. The Bertz CT molecular complexity index is 537. The van der Waals surface area contributed by atoms with Crippen LogP contribution in [-0.2, 0) is 4.79 Å². The lowest BCUT2D eigenvalue weighted by atomic mass is 10.0. The van der Waals surface area contributed by atoms with Crippen LogP contribution in [0.25, 0.3) is 0 Å². The van der Waals surface area contributed by atoms with Crippen molar-refractivity contribution >= 4 is 11.9 Å². The molecule has 0 radical (unpaired) electrons. The molecule has 0 fully saturated rings. The van der Waals surface area contributed by atoms with Crippen molar-refractivity contribution in [2.24, 2.45) is 0 Å². The number of aryl methyl sites for hydroxylation is 2. The number of carboxylic acid groups (broad SMARTS) is 1. The van der Waals surface area contributed by atoms with E-state index in [0.29, 0.717) is 11.1 Å². The summed E-state index contributed by atoms with van der Waals surface area (Å²) < 4.78 is 29.0. The number of benzene rings is 1. The number of carbonyl (C=O) groups excluding carboxylic acids is 1. The average molecular weight is 301 g/mol. The van der Waals surface area contributed by atoms with Crippen molar-refractivity contribution in [3.63, 3.8) is 0 Å². The van der Waals surface area contributed by atoms with Crippen molar-refractivity contribution in [1.29, 1.82) is 0 Å². The Hall–Kier alpha value is -2.18. The van der Waals surface area contributed by atoms with Gasteiger partial charge in [-0.05, 0) is 44.0 Å². The van der Waals surface area contributed by atoms with Gasteiger partial charge in [0.25, 0.3) is 5.91 Å². The van der Waals surface area contributed by atoms with E-state index in [2.05, 4.69) is 4.74 Å². The Morgan fingerprint density at radius 2 is 1.71 bits per heavy atom. The van der Waals surface area contributed by atoms with Gasteiger partial charge in [0, 0.05) is 12.6 Å². The zero-order valence-electron chi connectivity index (χ0n) is 12.2. The van der Waals surface area contributed by atoms with Gasteiger partial charge in [-0.25, -0.2) is 4.79 Å². The molecule has 1 atom stereocenters. The predicted molar refractivity (Wildman–Crippen MR) is 71.7 cm³/mol. The second-order valence-corrected chi connectivity index (χ2v) is 4.75. The molecule has 0 aliphatic carbocycles. The van der Waals surface area contributed by atoms with Crippen LogP contribution in [0.4, 0.5) is 8.78 Å². The largest absolute Gasteiger partial charge is 0.480 e. The lowest BCUT2D eigenvalue weighted by molar-refractivity contribution is -0.141. The molecule has 0 saturated carbocycles. The Kier molecular flexibility index (Phi) is 5.23. The first kappa shape index (κ1) is 16.9. The zero-order valence-corrected chi connectivity index (χ0v) is 12.2. The molecule has 0 saturated heterocycles. The number of amides is 1. The molecule has 0 spiro atoms. The fourth-order valence-corrected chi connectivity index (χ4v) is 1.89. The van der Waals surface area contributed by atoms with Gasteiger partial charge >= 0.3 is 12.6 Å². The van der Waals surface area contributed by atoms with Crippen molar-refractivity contribution < 1.29 is 28.2 Å². The molecule has 21 heavy (non-hydrogen) atoms. The fraction of sp³-hybridized carbons (Fsp3) is 0.429. The van der Waals surface area contributed by atoms with Crippen molar-refractivity contribution in [1.82, 2.24) is 4.90 Å². The third-order valence-electron chi connectivity index (χ3n) is 3.17. The summed E-state index contributed by atoms with van der Waals surface area (Å²) in [6.45, 7) is 1.53. The summed E-state index contributed by atoms with van der Waals surface area (Å²) in [5.74, 6) is -1.60. The molecule has 116 valence electrons. The van der Waals surface area contributed by atoms with Crippen molar-refractivity contribution in [2.75, 3.05) is 7.05 Å². The number of halogens is 2. The third-order valence-corrected chi connectivity index (χ3v) is 3.17. The average Bonchev–Trinajstić information content (AvgIpc) is 2.39. The second kappa shape index (κ2) is 6.51.